The van der Waals surface area contributed by atoms with Crippen LogP contribution in [0, 0.1) is 17.5 Å². The summed E-state index contributed by atoms with van der Waals surface area (Å²) in [5.41, 5.74) is 5.06. The molecule has 2 unspecified atom stereocenters. The highest BCUT2D eigenvalue weighted by Gasteiger charge is 2.41. The van der Waals surface area contributed by atoms with E-state index in [4.69, 9.17) is 52.9 Å². The van der Waals surface area contributed by atoms with Gasteiger partial charge in [-0.05, 0) is 191 Å². The molecule has 4 aliphatic heterocycles. The van der Waals surface area contributed by atoms with E-state index in [0.717, 1.165) is 60.0 Å². The minimum atomic E-state index is -4.74. The van der Waals surface area contributed by atoms with Crippen molar-refractivity contribution >= 4 is 248 Å². The molecular weight excluding hydrogens is 1770 g/mol. The van der Waals surface area contributed by atoms with Crippen LogP contribution in [-0.4, -0.2) is 114 Å². The van der Waals surface area contributed by atoms with Crippen LogP contribution in [0.15, 0.2) is 161 Å². The largest absolute Gasteiger partial charge is 0.399 e. The van der Waals surface area contributed by atoms with Gasteiger partial charge in [0.2, 0.25) is 5.91 Å². The molecule has 3 aromatic carbocycles. The number of halogens is 10. The molecule has 4 aliphatic rings. The molecule has 8 heterocycles. The van der Waals surface area contributed by atoms with Crippen molar-refractivity contribution in [1.29, 1.82) is 0 Å². The second kappa shape index (κ2) is 34.9. The number of Topliss-reactive ketones (excluding diaryl/α,β-unsaturated/α-hetero) is 2. The molecule has 0 spiro atoms. The van der Waals surface area contributed by atoms with Crippen LogP contribution >= 0.6 is 144 Å². The number of allylic oxidation sites excluding steroid dienone is 4. The molecular formula is C57H53Br4Cl3F3N11O12S8. The number of nitrogens with two attached hydrogens (primary N) is 1. The minimum absolute atomic E-state index is 0. The van der Waals surface area contributed by atoms with Gasteiger partial charge in [-0.1, -0.05) is 49.7 Å². The van der Waals surface area contributed by atoms with Gasteiger partial charge in [-0.2, -0.15) is 42.7 Å². The number of hydrogen-bond acceptors (Lipinski definition) is 17. The van der Waals surface area contributed by atoms with E-state index in [-0.39, 0.29) is 83.6 Å². The molecule has 1 fully saturated rings. The average molecular weight is 1830 g/mol. The quantitative estimate of drug-likeness (QED) is 0.0796. The maximum atomic E-state index is 13.3. The number of anilines is 3. The van der Waals surface area contributed by atoms with Crippen LogP contribution in [0.1, 0.15) is 73.0 Å². The lowest BCUT2D eigenvalue weighted by molar-refractivity contribution is -0.120. The van der Waals surface area contributed by atoms with Crippen LogP contribution in [0.4, 0.5) is 30.2 Å². The third-order valence-corrected chi connectivity index (χ3v) is 23.9. The van der Waals surface area contributed by atoms with Crippen molar-refractivity contribution in [2.24, 2.45) is 13.2 Å². The predicted octanol–water partition coefficient (Wildman–Crippen LogP) is 14.4. The summed E-state index contributed by atoms with van der Waals surface area (Å²) in [6.45, 7) is -6.92. The number of nitrogens with one attached hydrogen (secondary N) is 4. The summed E-state index contributed by atoms with van der Waals surface area (Å²) in [6.07, 6.45) is 3.55. The molecule has 2 amide bonds. The fourth-order valence-electron chi connectivity index (χ4n) is 7.53. The Hall–Kier alpha value is -5.53. The van der Waals surface area contributed by atoms with E-state index >= 15 is 0 Å². The molecule has 0 bridgehead atoms. The van der Waals surface area contributed by atoms with Crippen LogP contribution in [0.3, 0.4) is 0 Å². The topological polar surface area (TPSA) is 326 Å². The summed E-state index contributed by atoms with van der Waals surface area (Å²) in [7, 11) is -17.6. The Morgan fingerprint density at radius 3 is 1.48 bits per heavy atom. The Balaban J connectivity index is 0.000000248. The van der Waals surface area contributed by atoms with E-state index in [0.29, 0.717) is 34.7 Å². The highest BCUT2D eigenvalue weighted by molar-refractivity contribution is 9.11. The molecule has 526 valence electrons. The van der Waals surface area contributed by atoms with Crippen molar-refractivity contribution in [2.45, 2.75) is 47.2 Å². The van der Waals surface area contributed by atoms with Crippen molar-refractivity contribution in [1.82, 2.24) is 22.4 Å². The number of hydrogen-bond donors (Lipinski definition) is 5. The molecule has 11 rings (SSSR count). The normalized spacial score (nSPS) is 19.4. The number of benzene rings is 3. The van der Waals surface area contributed by atoms with Crippen molar-refractivity contribution in [3.63, 3.8) is 0 Å². The van der Waals surface area contributed by atoms with Crippen LogP contribution in [0.25, 0.3) is 5.70 Å². The van der Waals surface area contributed by atoms with Crippen LogP contribution in [0.5, 0.6) is 0 Å². The van der Waals surface area contributed by atoms with Gasteiger partial charge in [0.05, 0.1) is 73.7 Å². The summed E-state index contributed by atoms with van der Waals surface area (Å²) >= 11 is 34.8. The van der Waals surface area contributed by atoms with Gasteiger partial charge < -0.3 is 16.4 Å². The fraction of sp³-hybridized carbons (Fsp3) is 0.175. The number of carbonyl (C=O) groups excluding carboxylic acids is 4. The summed E-state index contributed by atoms with van der Waals surface area (Å²) in [5.74, 6) is -4.82. The van der Waals surface area contributed by atoms with Gasteiger partial charge in [0, 0.05) is 69.1 Å². The lowest BCUT2D eigenvalue weighted by atomic mass is 10.1. The molecule has 23 nitrogen and oxygen atoms in total. The number of nitrogen functional groups attached to an aromatic ring is 1. The lowest BCUT2D eigenvalue weighted by Crippen LogP contribution is -2.55. The second-order valence-corrected chi connectivity index (χ2v) is 35.7. The van der Waals surface area contributed by atoms with E-state index < -0.39 is 120 Å². The first kappa shape index (κ1) is 69.6. The standard InChI is InChI=1S/C15H14BrClFN3O3S2.C15H10BrClFN3O3S2.C10H9BrN2O3S2.C9H7BrN2O3S2.C6H5ClFN.2CH4/c2*1-21-12(15(22)19-8-2-3-10(18)9(17)6-8)7-11(20-26(21,23)24)13-4-5-14(16)25-13;1-6(14)8-5-7(9-3-4-10(11)17-9)12-18(15,16)13(8)2;1-5(13)6-4-7(12-17(14,15)11-6)8-2-3-9(10)16-8;7-5-3-4(9)1-2-6(5)8;;/h2-6,11-12,20H,7H2,1H3,(H,19,22);2-7H,1H3,(H,19,22);3-5H,1-2H3;2-4,12H,1H3;1-3H,9H2;2*1H4/i2*1D3;2D3;;;;. The van der Waals surface area contributed by atoms with E-state index in [9.17, 15) is 66.0 Å². The smallest absolute Gasteiger partial charge is 0.345 e. The van der Waals surface area contributed by atoms with E-state index in [2.05, 4.69) is 97.0 Å². The summed E-state index contributed by atoms with van der Waals surface area (Å²) in [4.78, 5) is 50.7. The van der Waals surface area contributed by atoms with Crippen molar-refractivity contribution in [2.75, 3.05) is 37.3 Å². The van der Waals surface area contributed by atoms with Crippen molar-refractivity contribution in [3.05, 3.63) is 200 Å². The van der Waals surface area contributed by atoms with E-state index in [1.807, 2.05) is 0 Å². The lowest BCUT2D eigenvalue weighted by Gasteiger charge is -2.35. The maximum absolute atomic E-state index is 13.3. The van der Waals surface area contributed by atoms with Gasteiger partial charge in [-0.15, -0.1) is 58.5 Å². The Morgan fingerprint density at radius 1 is 0.592 bits per heavy atom. The first-order valence-electron chi connectivity index (χ1n) is 30.0. The molecule has 41 heteroatoms. The zero-order valence-electron chi connectivity index (χ0n) is 56.6. The Kier molecular flexibility index (Phi) is 24.8. The highest BCUT2D eigenvalue weighted by atomic mass is 79.9. The summed E-state index contributed by atoms with van der Waals surface area (Å²) < 4.78 is 222. The molecule has 98 heavy (non-hydrogen) atoms. The first-order chi connectivity index (χ1) is 48.4. The molecule has 1 saturated heterocycles. The minimum Gasteiger partial charge on any atom is -0.399 e. The Morgan fingerprint density at radius 2 is 1.05 bits per heavy atom. The van der Waals surface area contributed by atoms with E-state index in [1.54, 1.807) is 48.5 Å². The zero-order valence-corrected chi connectivity index (χ0v) is 62.8. The summed E-state index contributed by atoms with van der Waals surface area (Å²) in [6, 6.07) is 22.0. The number of ketones is 2. The van der Waals surface area contributed by atoms with Gasteiger partial charge in [-0.25, -0.2) is 17.5 Å². The number of thiophene rings is 4. The van der Waals surface area contributed by atoms with Crippen molar-refractivity contribution < 1.29 is 78.4 Å². The predicted molar refractivity (Wildman–Crippen MR) is 400 cm³/mol. The third-order valence-electron chi connectivity index (χ3n) is 11.9. The third kappa shape index (κ3) is 22.2. The Labute approximate surface area is 640 Å². The fourth-order valence-corrected chi connectivity index (χ4v) is 17.8. The summed E-state index contributed by atoms with van der Waals surface area (Å²) in [5, 5.41) is 4.29. The molecule has 0 aliphatic carbocycles. The van der Waals surface area contributed by atoms with Crippen LogP contribution in [-0.2, 0) is 60.0 Å². The molecule has 6 N–H and O–H groups in total. The highest BCUT2D eigenvalue weighted by Crippen LogP contribution is 2.36. The SMILES string of the molecule is C.C.CC(=O)C1=NS(=O)(=O)NC(c2ccc(Br)s2)=C1.Nc1ccc(F)c(Cl)c1.[2H]C([2H])([2H])N1C(C(=O)Nc2ccc(F)c(Cl)c2)=CC(c2ccc(Br)s2)=NS1(=O)=O.[2H]C([2H])([2H])N1C(C(=O)Nc2ccc(F)c(Cl)c2)CC(c2ccc(Br)s2)NS1(=O)=O.[2H]C([2H])([2H])N1C(C(C)=O)=CC(c2ccc(Br)s2)=NS1(=O)=O. The number of carbonyl (C=O) groups is 4. The van der Waals surface area contributed by atoms with Gasteiger partial charge in [-0.3, -0.25) is 28.2 Å². The number of nitrogens with zero attached hydrogens (tertiary/aromatic N) is 6. The number of likely N-dealkylation sites (N-methyl/N-ethyl adjacent to an activating group) is 3. The van der Waals surface area contributed by atoms with Crippen LogP contribution < -0.4 is 25.8 Å². The van der Waals surface area contributed by atoms with E-state index in [1.165, 1.54) is 83.4 Å². The Bertz CT molecular complexity index is 5280. The second-order valence-electron chi connectivity index (χ2n) is 18.8. The zero-order chi connectivity index (χ0) is 78.6. The molecule has 2 atom stereocenters. The average Bonchev–Trinajstić information content (AvgIpc) is 1.61. The van der Waals surface area contributed by atoms with Gasteiger partial charge in [0.25, 0.3) is 16.1 Å². The molecule has 7 aromatic rings. The van der Waals surface area contributed by atoms with Gasteiger partial charge in [0.1, 0.15) is 34.9 Å². The molecule has 4 aromatic heterocycles. The number of amides is 2. The number of rotatable bonds is 10. The van der Waals surface area contributed by atoms with Crippen LogP contribution in [0.2, 0.25) is 15.1 Å². The van der Waals surface area contributed by atoms with Gasteiger partial charge in [0.15, 0.2) is 11.6 Å². The first-order valence-corrected chi connectivity index (χ1v) is 38.8. The van der Waals surface area contributed by atoms with Crippen molar-refractivity contribution in [3.8, 4) is 0 Å². The van der Waals surface area contributed by atoms with Gasteiger partial charge >= 0.3 is 30.6 Å². The molecule has 0 radical (unpaired) electrons. The maximum Gasteiger partial charge on any atom is 0.345 e. The molecule has 0 saturated carbocycles. The monoisotopic (exact) mass is 1830 g/mol.